The van der Waals surface area contributed by atoms with E-state index in [4.69, 9.17) is 4.74 Å². The van der Waals surface area contributed by atoms with Crippen molar-refractivity contribution in [3.8, 4) is 5.75 Å². The van der Waals surface area contributed by atoms with E-state index < -0.39 is 0 Å². The molecule has 0 spiro atoms. The first-order valence-electron chi connectivity index (χ1n) is 6.73. The second-order valence-corrected chi connectivity index (χ2v) is 5.85. The zero-order chi connectivity index (χ0) is 14.7. The van der Waals surface area contributed by atoms with E-state index in [9.17, 15) is 4.79 Å². The van der Waals surface area contributed by atoms with E-state index in [1.165, 1.54) is 0 Å². The average molecular weight is 300 g/mol. The van der Waals surface area contributed by atoms with Crippen LogP contribution >= 0.6 is 11.8 Å². The molecule has 1 aliphatic rings. The minimum atomic E-state index is 0.0228. The largest absolute Gasteiger partial charge is 0.497 e. The van der Waals surface area contributed by atoms with E-state index in [1.807, 2.05) is 47.4 Å². The molecule has 1 amide bonds. The van der Waals surface area contributed by atoms with Crippen molar-refractivity contribution < 1.29 is 9.53 Å². The Balaban J connectivity index is 1.85. The minimum Gasteiger partial charge on any atom is -0.497 e. The number of carbonyl (C=O) groups is 1. The highest BCUT2D eigenvalue weighted by atomic mass is 32.2. The molecule has 5 heteroatoms. The topological polar surface area (TPSA) is 42.4 Å². The Morgan fingerprint density at radius 3 is 3.00 bits per heavy atom. The Morgan fingerprint density at radius 2 is 2.24 bits per heavy atom. The van der Waals surface area contributed by atoms with Crippen molar-refractivity contribution in [2.45, 2.75) is 11.9 Å². The van der Waals surface area contributed by atoms with Gasteiger partial charge in [0, 0.05) is 6.20 Å². The van der Waals surface area contributed by atoms with Gasteiger partial charge in [-0.05, 0) is 29.8 Å². The van der Waals surface area contributed by atoms with Gasteiger partial charge in [-0.2, -0.15) is 0 Å². The fourth-order valence-electron chi connectivity index (χ4n) is 2.36. The summed E-state index contributed by atoms with van der Waals surface area (Å²) >= 11 is 1.64. The number of hydrogen-bond donors (Lipinski definition) is 0. The summed E-state index contributed by atoms with van der Waals surface area (Å²) in [5.41, 5.74) is 1.99. The molecule has 1 aliphatic heterocycles. The third kappa shape index (κ3) is 3.03. The summed E-state index contributed by atoms with van der Waals surface area (Å²) in [5, 5.41) is 0.0228. The monoisotopic (exact) mass is 300 g/mol. The first-order valence-corrected chi connectivity index (χ1v) is 7.78. The lowest BCUT2D eigenvalue weighted by Gasteiger charge is -2.24. The summed E-state index contributed by atoms with van der Waals surface area (Å²) < 4.78 is 5.27. The van der Waals surface area contributed by atoms with Crippen LogP contribution in [-0.4, -0.2) is 28.7 Å². The second-order valence-electron chi connectivity index (χ2n) is 4.78. The molecule has 1 unspecified atom stereocenters. The Kier molecular flexibility index (Phi) is 4.10. The van der Waals surface area contributed by atoms with Gasteiger partial charge in [0.2, 0.25) is 5.91 Å². The Labute approximate surface area is 128 Å². The number of hydrogen-bond acceptors (Lipinski definition) is 4. The molecule has 1 aromatic heterocycles. The van der Waals surface area contributed by atoms with Crippen LogP contribution in [0.4, 0.5) is 0 Å². The minimum absolute atomic E-state index is 0.0228. The highest BCUT2D eigenvalue weighted by Crippen LogP contribution is 2.40. The number of thioether (sulfide) groups is 1. The zero-order valence-corrected chi connectivity index (χ0v) is 12.5. The van der Waals surface area contributed by atoms with Crippen LogP contribution in [0.2, 0.25) is 0 Å². The van der Waals surface area contributed by atoms with Gasteiger partial charge in [-0.15, -0.1) is 11.8 Å². The van der Waals surface area contributed by atoms with Crippen molar-refractivity contribution in [1.82, 2.24) is 9.88 Å². The van der Waals surface area contributed by atoms with Crippen molar-refractivity contribution in [2.24, 2.45) is 0 Å². The highest BCUT2D eigenvalue weighted by molar-refractivity contribution is 8.00. The average Bonchev–Trinajstić information content (AvgIpc) is 2.89. The van der Waals surface area contributed by atoms with Gasteiger partial charge in [0.05, 0.1) is 25.1 Å². The maximum absolute atomic E-state index is 12.2. The predicted molar refractivity (Wildman–Crippen MR) is 83.0 cm³/mol. The fourth-order valence-corrected chi connectivity index (χ4v) is 3.54. The van der Waals surface area contributed by atoms with Crippen LogP contribution in [0.5, 0.6) is 5.75 Å². The number of amides is 1. The van der Waals surface area contributed by atoms with Gasteiger partial charge in [-0.25, -0.2) is 0 Å². The molecule has 3 rings (SSSR count). The van der Waals surface area contributed by atoms with Gasteiger partial charge in [-0.3, -0.25) is 9.78 Å². The molecule has 0 saturated carbocycles. The van der Waals surface area contributed by atoms with E-state index in [0.29, 0.717) is 12.3 Å². The molecule has 21 heavy (non-hydrogen) atoms. The van der Waals surface area contributed by atoms with Gasteiger partial charge < -0.3 is 9.64 Å². The van der Waals surface area contributed by atoms with Crippen LogP contribution in [0, 0.1) is 0 Å². The number of ether oxygens (including phenoxy) is 1. The van der Waals surface area contributed by atoms with Crippen LogP contribution in [0.1, 0.15) is 16.6 Å². The fraction of sp³-hybridized carbons (Fsp3) is 0.250. The first kappa shape index (κ1) is 13.9. The number of rotatable bonds is 4. The van der Waals surface area contributed by atoms with E-state index in [1.54, 1.807) is 25.1 Å². The number of aromatic nitrogens is 1. The van der Waals surface area contributed by atoms with Crippen molar-refractivity contribution in [3.63, 3.8) is 0 Å². The third-order valence-corrected chi connectivity index (χ3v) is 4.66. The molecule has 0 radical (unpaired) electrons. The summed E-state index contributed by atoms with van der Waals surface area (Å²) in [7, 11) is 1.65. The second kappa shape index (κ2) is 6.18. The number of benzene rings is 1. The summed E-state index contributed by atoms with van der Waals surface area (Å²) in [5.74, 6) is 1.47. The molecule has 1 fully saturated rings. The Bertz CT molecular complexity index is 633. The highest BCUT2D eigenvalue weighted by Gasteiger charge is 2.33. The lowest BCUT2D eigenvalue weighted by atomic mass is 10.2. The molecule has 108 valence electrons. The molecular weight excluding hydrogens is 284 g/mol. The van der Waals surface area contributed by atoms with Crippen LogP contribution in [-0.2, 0) is 11.3 Å². The lowest BCUT2D eigenvalue weighted by Crippen LogP contribution is -2.28. The SMILES string of the molecule is COc1cccc(C2SCC(=O)N2Cc2ccccn2)c1. The molecule has 0 aliphatic carbocycles. The van der Waals surface area contributed by atoms with Crippen molar-refractivity contribution in [3.05, 3.63) is 59.9 Å². The van der Waals surface area contributed by atoms with E-state index in [2.05, 4.69) is 4.98 Å². The van der Waals surface area contributed by atoms with Gasteiger partial charge in [-0.1, -0.05) is 18.2 Å². The molecule has 1 atom stereocenters. The summed E-state index contributed by atoms with van der Waals surface area (Å²) in [6, 6.07) is 13.6. The van der Waals surface area contributed by atoms with Crippen LogP contribution in [0.25, 0.3) is 0 Å². The quantitative estimate of drug-likeness (QED) is 0.871. The zero-order valence-electron chi connectivity index (χ0n) is 11.7. The Hall–Kier alpha value is -2.01. The van der Waals surface area contributed by atoms with Gasteiger partial charge in [0.1, 0.15) is 11.1 Å². The molecular formula is C16H16N2O2S. The summed E-state index contributed by atoms with van der Waals surface area (Å²) in [4.78, 5) is 18.4. The van der Waals surface area contributed by atoms with Crippen LogP contribution < -0.4 is 4.74 Å². The lowest BCUT2D eigenvalue weighted by molar-refractivity contribution is -0.128. The first-order chi connectivity index (χ1) is 10.3. The number of methoxy groups -OCH3 is 1. The smallest absolute Gasteiger partial charge is 0.234 e. The molecule has 0 N–H and O–H groups in total. The summed E-state index contributed by atoms with van der Waals surface area (Å²) in [6.45, 7) is 0.536. The van der Waals surface area contributed by atoms with E-state index in [0.717, 1.165) is 17.0 Å². The molecule has 0 bridgehead atoms. The van der Waals surface area contributed by atoms with Crippen molar-refractivity contribution in [1.29, 1.82) is 0 Å². The Morgan fingerprint density at radius 1 is 1.33 bits per heavy atom. The van der Waals surface area contributed by atoms with Gasteiger partial charge in [0.25, 0.3) is 0 Å². The molecule has 4 nitrogen and oxygen atoms in total. The molecule has 2 heterocycles. The predicted octanol–water partition coefficient (Wildman–Crippen LogP) is 2.86. The maximum Gasteiger partial charge on any atom is 0.234 e. The van der Waals surface area contributed by atoms with E-state index in [-0.39, 0.29) is 11.3 Å². The number of nitrogens with zero attached hydrogens (tertiary/aromatic N) is 2. The van der Waals surface area contributed by atoms with Gasteiger partial charge in [0.15, 0.2) is 0 Å². The van der Waals surface area contributed by atoms with Crippen LogP contribution in [0.15, 0.2) is 48.7 Å². The number of pyridine rings is 1. The standard InChI is InChI=1S/C16H16N2O2S/c1-20-14-7-4-5-12(9-14)16-18(15(19)11-21-16)10-13-6-2-3-8-17-13/h2-9,16H,10-11H2,1H3. The van der Waals surface area contributed by atoms with E-state index >= 15 is 0 Å². The van der Waals surface area contributed by atoms with Crippen molar-refractivity contribution in [2.75, 3.05) is 12.9 Å². The molecule has 2 aromatic rings. The molecule has 1 saturated heterocycles. The third-order valence-electron chi connectivity index (χ3n) is 3.41. The molecule has 1 aromatic carbocycles. The maximum atomic E-state index is 12.2. The summed E-state index contributed by atoms with van der Waals surface area (Å²) in [6.07, 6.45) is 1.75. The van der Waals surface area contributed by atoms with Gasteiger partial charge >= 0.3 is 0 Å². The number of carbonyl (C=O) groups excluding carboxylic acids is 1. The van der Waals surface area contributed by atoms with Crippen molar-refractivity contribution >= 4 is 17.7 Å². The van der Waals surface area contributed by atoms with Crippen LogP contribution in [0.3, 0.4) is 0 Å². The normalized spacial score (nSPS) is 18.0.